The van der Waals surface area contributed by atoms with Crippen LogP contribution in [0.3, 0.4) is 0 Å². The zero-order valence-corrected chi connectivity index (χ0v) is 31.6. The predicted octanol–water partition coefficient (Wildman–Crippen LogP) is 3.96. The summed E-state index contributed by atoms with van der Waals surface area (Å²) in [6, 6.07) is 8.17. The molecule has 284 valence electrons. The van der Waals surface area contributed by atoms with Crippen LogP contribution in [0.4, 0.5) is 0 Å². The molecule has 0 heterocycles. The highest BCUT2D eigenvalue weighted by Crippen LogP contribution is 2.54. The van der Waals surface area contributed by atoms with E-state index in [4.69, 9.17) is 23.7 Å². The summed E-state index contributed by atoms with van der Waals surface area (Å²) in [5, 5.41) is 11.4. The van der Waals surface area contributed by atoms with Gasteiger partial charge in [0, 0.05) is 40.0 Å². The molecular formula is C39H51NO12. The maximum Gasteiger partial charge on any atom is 0.337 e. The standard InChI is InChI=1S/C39H51NO12/c1-20-28(48-21(2)41)17-27-30(49-22(3)42)16-26-19-39(8,36(46)35(51-24(5)44)32(20)38(27,6)7)31(50-23(4)43)18-29(26)52-37(47)34(45)33(40(9)10)25-14-12-11-13-15-25/h11-16,27-31,33-35,45H,17-19H2,1-10H3/b26-16+/t27-,28-,29-,30-,31-,33?,34?,35+,39-/m0/s1. The Morgan fingerprint density at radius 2 is 1.38 bits per heavy atom. The average Bonchev–Trinajstić information content (AvgIpc) is 3.02. The number of benzene rings is 1. The Hall–Kier alpha value is -4.36. The van der Waals surface area contributed by atoms with Crippen molar-refractivity contribution in [1.29, 1.82) is 0 Å². The number of aliphatic hydroxyl groups is 1. The van der Waals surface area contributed by atoms with Crippen LogP contribution in [-0.4, -0.2) is 96.4 Å². The quantitative estimate of drug-likeness (QED) is 0.221. The van der Waals surface area contributed by atoms with Crippen LogP contribution < -0.4 is 0 Å². The molecule has 1 N–H and O–H groups in total. The summed E-state index contributed by atoms with van der Waals surface area (Å²) in [4.78, 5) is 80.8. The fraction of sp³-hybridized carbons (Fsp3) is 0.590. The molecule has 13 nitrogen and oxygen atoms in total. The molecule has 0 spiro atoms. The minimum Gasteiger partial charge on any atom is -0.461 e. The van der Waals surface area contributed by atoms with Crippen molar-refractivity contribution in [3.63, 3.8) is 0 Å². The van der Waals surface area contributed by atoms with Gasteiger partial charge in [-0.05, 0) is 74.6 Å². The second kappa shape index (κ2) is 15.7. The molecule has 4 rings (SSSR count). The highest BCUT2D eigenvalue weighted by atomic mass is 16.6. The van der Waals surface area contributed by atoms with Crippen molar-refractivity contribution in [1.82, 2.24) is 4.90 Å². The molecule has 0 aliphatic heterocycles. The molecule has 13 heteroatoms. The maximum absolute atomic E-state index is 15.0. The van der Waals surface area contributed by atoms with E-state index in [9.17, 15) is 29.1 Å². The van der Waals surface area contributed by atoms with Gasteiger partial charge in [0.15, 0.2) is 18.0 Å². The maximum atomic E-state index is 15.0. The number of fused-ring (bicyclic) bond motifs is 4. The van der Waals surface area contributed by atoms with Gasteiger partial charge in [-0.2, -0.15) is 0 Å². The summed E-state index contributed by atoms with van der Waals surface area (Å²) in [7, 11) is 3.43. The van der Waals surface area contributed by atoms with Crippen LogP contribution in [0.25, 0.3) is 0 Å². The van der Waals surface area contributed by atoms with E-state index in [1.54, 1.807) is 63.2 Å². The third kappa shape index (κ3) is 8.31. The number of rotatable bonds is 9. The summed E-state index contributed by atoms with van der Waals surface area (Å²) in [6.07, 6.45) is -5.82. The molecule has 0 amide bonds. The zero-order valence-electron chi connectivity index (χ0n) is 31.6. The number of nitrogens with zero attached hydrogens (tertiary/aromatic N) is 1. The lowest BCUT2D eigenvalue weighted by Crippen LogP contribution is -2.57. The van der Waals surface area contributed by atoms with E-state index in [0.717, 1.165) is 0 Å². The lowest BCUT2D eigenvalue weighted by atomic mass is 9.57. The first kappa shape index (κ1) is 40.4. The Morgan fingerprint density at radius 1 is 0.808 bits per heavy atom. The second-order valence-corrected chi connectivity index (χ2v) is 15.0. The first-order valence-corrected chi connectivity index (χ1v) is 17.4. The van der Waals surface area contributed by atoms with Gasteiger partial charge in [0.2, 0.25) is 0 Å². The van der Waals surface area contributed by atoms with E-state index < -0.39 is 95.0 Å². The van der Waals surface area contributed by atoms with Crippen LogP contribution in [0.2, 0.25) is 0 Å². The zero-order chi connectivity index (χ0) is 38.9. The monoisotopic (exact) mass is 725 g/mol. The predicted molar refractivity (Wildman–Crippen MR) is 186 cm³/mol. The summed E-state index contributed by atoms with van der Waals surface area (Å²) in [6.45, 7) is 11.8. The topological polar surface area (TPSA) is 172 Å². The van der Waals surface area contributed by atoms with Crippen LogP contribution in [-0.2, 0) is 52.5 Å². The smallest absolute Gasteiger partial charge is 0.337 e. The number of aliphatic hydroxyl groups excluding tert-OH is 1. The van der Waals surface area contributed by atoms with Gasteiger partial charge in [-0.25, -0.2) is 4.79 Å². The van der Waals surface area contributed by atoms with Crippen LogP contribution in [0.15, 0.2) is 53.1 Å². The van der Waals surface area contributed by atoms with Gasteiger partial charge in [0.25, 0.3) is 0 Å². The van der Waals surface area contributed by atoms with Crippen molar-refractivity contribution >= 4 is 35.6 Å². The van der Waals surface area contributed by atoms with Crippen molar-refractivity contribution in [2.75, 3.05) is 14.1 Å². The minimum atomic E-state index is -1.64. The summed E-state index contributed by atoms with van der Waals surface area (Å²) >= 11 is 0. The normalized spacial score (nSPS) is 30.5. The number of Topliss-reactive ketones (excluding diaryl/α,β-unsaturated/α-hetero) is 1. The molecule has 0 saturated heterocycles. The molecule has 1 aromatic carbocycles. The third-order valence-corrected chi connectivity index (χ3v) is 10.7. The minimum absolute atomic E-state index is 0.143. The molecular weight excluding hydrogens is 674 g/mol. The van der Waals surface area contributed by atoms with Crippen molar-refractivity contribution in [3.8, 4) is 0 Å². The third-order valence-electron chi connectivity index (χ3n) is 10.7. The lowest BCUT2D eigenvalue weighted by molar-refractivity contribution is -0.177. The number of carbonyl (C=O) groups is 6. The second-order valence-electron chi connectivity index (χ2n) is 15.0. The molecule has 3 aliphatic carbocycles. The molecule has 0 aromatic heterocycles. The number of likely N-dealkylation sites (N-methyl/N-ethyl adjacent to an activating group) is 1. The molecule has 0 radical (unpaired) electrons. The molecule has 2 unspecified atom stereocenters. The summed E-state index contributed by atoms with van der Waals surface area (Å²) in [5.74, 6) is -4.81. The number of ether oxygens (including phenoxy) is 5. The Morgan fingerprint density at radius 3 is 1.92 bits per heavy atom. The summed E-state index contributed by atoms with van der Waals surface area (Å²) in [5.41, 5.74) is -0.616. The average molecular weight is 726 g/mol. The number of esters is 5. The highest BCUT2D eigenvalue weighted by molar-refractivity contribution is 5.94. The first-order chi connectivity index (χ1) is 24.2. The van der Waals surface area contributed by atoms with E-state index in [0.29, 0.717) is 22.3 Å². The van der Waals surface area contributed by atoms with Gasteiger partial charge >= 0.3 is 29.8 Å². The number of hydrogen-bond acceptors (Lipinski definition) is 13. The number of carbonyl (C=O) groups excluding carboxylic acids is 6. The fourth-order valence-electron chi connectivity index (χ4n) is 8.28. The summed E-state index contributed by atoms with van der Waals surface area (Å²) < 4.78 is 29.4. The molecule has 4 bridgehead atoms. The van der Waals surface area contributed by atoms with E-state index in [2.05, 4.69) is 0 Å². The van der Waals surface area contributed by atoms with Gasteiger partial charge in [0.05, 0.1) is 11.5 Å². The lowest BCUT2D eigenvalue weighted by Gasteiger charge is -2.51. The fourth-order valence-corrected chi connectivity index (χ4v) is 8.28. The van der Waals surface area contributed by atoms with E-state index in [-0.39, 0.29) is 19.3 Å². The van der Waals surface area contributed by atoms with Crippen LogP contribution >= 0.6 is 0 Å². The largest absolute Gasteiger partial charge is 0.461 e. The number of ketones is 1. The van der Waals surface area contributed by atoms with Crippen molar-refractivity contribution in [2.24, 2.45) is 16.7 Å². The Kier molecular flexibility index (Phi) is 12.2. The van der Waals surface area contributed by atoms with Crippen molar-refractivity contribution < 1.29 is 57.6 Å². The Labute approximate surface area is 304 Å². The SMILES string of the molecule is CC(=O)O[C@H]1C(=O)[C@@]2(C)C/C(=C\[C@H](OC(C)=O)[C@@H]3C[C@H](OC(C)=O)C(C)=C1C3(C)C)[C@@H](OC(=O)C(O)C(c1ccccc1)N(C)C)C[C@@H]2OC(C)=O. The van der Waals surface area contributed by atoms with E-state index in [1.165, 1.54) is 27.7 Å². The molecule has 1 fully saturated rings. The van der Waals surface area contributed by atoms with Gasteiger partial charge in [-0.15, -0.1) is 0 Å². The van der Waals surface area contributed by atoms with Crippen LogP contribution in [0, 0.1) is 16.7 Å². The van der Waals surface area contributed by atoms with Crippen molar-refractivity contribution in [2.45, 2.75) is 117 Å². The van der Waals surface area contributed by atoms with Gasteiger partial charge in [-0.3, -0.25) is 28.9 Å². The molecule has 1 aromatic rings. The first-order valence-electron chi connectivity index (χ1n) is 17.4. The van der Waals surface area contributed by atoms with Gasteiger partial charge in [-0.1, -0.05) is 44.2 Å². The van der Waals surface area contributed by atoms with Gasteiger partial charge < -0.3 is 28.8 Å². The molecule has 9 atom stereocenters. The highest BCUT2D eigenvalue weighted by Gasteiger charge is 2.59. The molecule has 1 saturated carbocycles. The van der Waals surface area contributed by atoms with Crippen molar-refractivity contribution in [3.05, 3.63) is 58.7 Å². The Bertz CT molecular complexity index is 1640. The Balaban J connectivity index is 1.94. The van der Waals surface area contributed by atoms with E-state index in [1.807, 2.05) is 19.9 Å². The van der Waals surface area contributed by atoms with Crippen LogP contribution in [0.5, 0.6) is 0 Å². The number of hydrogen-bond donors (Lipinski definition) is 1. The van der Waals surface area contributed by atoms with Crippen LogP contribution in [0.1, 0.15) is 86.3 Å². The molecule has 3 aliphatic rings. The van der Waals surface area contributed by atoms with Gasteiger partial charge in [0.1, 0.15) is 24.4 Å². The van der Waals surface area contributed by atoms with E-state index >= 15 is 4.79 Å². The molecule has 52 heavy (non-hydrogen) atoms.